The van der Waals surface area contributed by atoms with E-state index in [0.29, 0.717) is 33.1 Å². The number of nitrogens with zero attached hydrogens (tertiary/aromatic N) is 3. The van der Waals surface area contributed by atoms with E-state index in [1.807, 2.05) is 18.2 Å². The summed E-state index contributed by atoms with van der Waals surface area (Å²) in [7, 11) is 0. The first-order valence-corrected chi connectivity index (χ1v) is 10.7. The van der Waals surface area contributed by atoms with E-state index in [1.165, 1.54) is 17.4 Å². The van der Waals surface area contributed by atoms with Crippen LogP contribution in [-0.4, -0.2) is 23.3 Å². The molecule has 0 aliphatic carbocycles. The number of allylic oxidation sites excluding steroid dienone is 1. The minimum Gasteiger partial charge on any atom is -0.463 e. The second kappa shape index (κ2) is 8.40. The number of hydrogen-bond acceptors (Lipinski definition) is 6. The Labute approximate surface area is 183 Å². The first-order chi connectivity index (χ1) is 15.0. The van der Waals surface area contributed by atoms with Crippen molar-refractivity contribution in [2.45, 2.75) is 26.7 Å². The number of rotatable bonds is 4. The van der Waals surface area contributed by atoms with E-state index >= 15 is 0 Å². The monoisotopic (exact) mass is 433 g/mol. The summed E-state index contributed by atoms with van der Waals surface area (Å²) in [5, 5.41) is 10.5. The van der Waals surface area contributed by atoms with Crippen LogP contribution in [0.3, 0.4) is 0 Å². The van der Waals surface area contributed by atoms with Crippen molar-refractivity contribution in [3.8, 4) is 16.6 Å². The molecule has 2 aromatic carbocycles. The average Bonchev–Trinajstić information content (AvgIpc) is 3.18. The maximum absolute atomic E-state index is 14.4. The molecule has 0 fully saturated rings. The van der Waals surface area contributed by atoms with Gasteiger partial charge >= 0.3 is 5.97 Å². The quantitative estimate of drug-likeness (QED) is 0.499. The molecule has 0 N–H and O–H groups in total. The van der Waals surface area contributed by atoms with E-state index in [0.717, 1.165) is 10.3 Å². The van der Waals surface area contributed by atoms with Gasteiger partial charge in [-0.1, -0.05) is 24.3 Å². The van der Waals surface area contributed by atoms with Crippen LogP contribution in [0.15, 0.2) is 58.7 Å². The highest BCUT2D eigenvalue weighted by molar-refractivity contribution is 7.21. The van der Waals surface area contributed by atoms with Crippen molar-refractivity contribution in [2.24, 2.45) is 10.9 Å². The number of carbonyl (C=O) groups is 1. The zero-order valence-electron chi connectivity index (χ0n) is 17.3. The second-order valence-electron chi connectivity index (χ2n) is 7.25. The second-order valence-corrected chi connectivity index (χ2v) is 8.25. The number of carbonyl (C=O) groups excluding carboxylic acids is 1. The van der Waals surface area contributed by atoms with Crippen LogP contribution in [0.5, 0.6) is 0 Å². The van der Waals surface area contributed by atoms with E-state index in [1.54, 1.807) is 39.0 Å². The fourth-order valence-corrected chi connectivity index (χ4v) is 5.12. The summed E-state index contributed by atoms with van der Waals surface area (Å²) in [5.74, 6) is -1.98. The van der Waals surface area contributed by atoms with Gasteiger partial charge in [0.2, 0.25) is 0 Å². The van der Waals surface area contributed by atoms with Crippen LogP contribution in [0, 0.1) is 23.1 Å². The topological polar surface area (TPSA) is 75.3 Å². The lowest BCUT2D eigenvalue weighted by atomic mass is 9.76. The number of aliphatic imine (C=N–C) groups is 1. The molecule has 0 saturated heterocycles. The van der Waals surface area contributed by atoms with Crippen LogP contribution in [0.25, 0.3) is 20.8 Å². The minimum atomic E-state index is -0.618. The molecule has 0 spiro atoms. The smallest absolute Gasteiger partial charge is 0.336 e. The molecule has 0 saturated carbocycles. The summed E-state index contributed by atoms with van der Waals surface area (Å²) < 4.78 is 20.5. The third-order valence-corrected chi connectivity index (χ3v) is 6.50. The van der Waals surface area contributed by atoms with Crippen molar-refractivity contribution in [2.75, 3.05) is 6.61 Å². The van der Waals surface area contributed by atoms with Gasteiger partial charge in [-0.05, 0) is 44.5 Å². The number of ether oxygens (including phenoxy) is 1. The standard InChI is InChI=1S/C24H20FN3O2S/c1-4-30-24(29)20-14(3)27-13(2)17(12-26)21(20)16-9-7-11-19-22(16)31-23(28-19)15-8-5-6-10-18(15)25/h5-11,17,21H,4H2,1-3H3. The Morgan fingerprint density at radius 1 is 1.23 bits per heavy atom. The molecule has 2 heterocycles. The van der Waals surface area contributed by atoms with Gasteiger partial charge in [0.1, 0.15) is 10.8 Å². The maximum atomic E-state index is 14.4. The van der Waals surface area contributed by atoms with E-state index in [4.69, 9.17) is 4.74 Å². The normalized spacial score (nSPS) is 18.6. The highest BCUT2D eigenvalue weighted by Gasteiger charge is 2.39. The highest BCUT2D eigenvalue weighted by atomic mass is 32.1. The molecule has 2 atom stereocenters. The molecule has 156 valence electrons. The summed E-state index contributed by atoms with van der Waals surface area (Å²) in [6.45, 7) is 5.52. The molecule has 5 nitrogen and oxygen atoms in total. The number of nitriles is 1. The van der Waals surface area contributed by atoms with Crippen molar-refractivity contribution in [1.82, 2.24) is 4.98 Å². The van der Waals surface area contributed by atoms with Gasteiger partial charge in [-0.3, -0.25) is 4.99 Å². The lowest BCUT2D eigenvalue weighted by molar-refractivity contribution is -0.139. The third-order valence-electron chi connectivity index (χ3n) is 5.35. The van der Waals surface area contributed by atoms with Gasteiger partial charge in [0.15, 0.2) is 0 Å². The number of esters is 1. The molecule has 0 radical (unpaired) electrons. The van der Waals surface area contributed by atoms with Gasteiger partial charge in [0.05, 0.1) is 34.4 Å². The summed E-state index contributed by atoms with van der Waals surface area (Å²) in [5.41, 5.74) is 3.48. The number of fused-ring (bicyclic) bond motifs is 1. The Morgan fingerprint density at radius 3 is 2.71 bits per heavy atom. The predicted octanol–water partition coefficient (Wildman–Crippen LogP) is 5.64. The molecule has 2 unspecified atom stereocenters. The molecule has 1 aliphatic heterocycles. The Balaban J connectivity index is 1.93. The largest absolute Gasteiger partial charge is 0.463 e. The van der Waals surface area contributed by atoms with Crippen molar-refractivity contribution < 1.29 is 13.9 Å². The molecule has 1 aromatic heterocycles. The Morgan fingerprint density at radius 2 is 2.00 bits per heavy atom. The SMILES string of the molecule is CCOC(=O)C1=C(C)N=C(C)C(C#N)C1c1cccc2nc(-c3ccccc3F)sc12. The van der Waals surface area contributed by atoms with Crippen LogP contribution >= 0.6 is 11.3 Å². The number of aromatic nitrogens is 1. The third kappa shape index (κ3) is 3.64. The molecular weight excluding hydrogens is 413 g/mol. The van der Waals surface area contributed by atoms with Crippen molar-refractivity contribution in [1.29, 1.82) is 5.26 Å². The van der Waals surface area contributed by atoms with Crippen molar-refractivity contribution in [3.05, 3.63) is 65.1 Å². The fourth-order valence-electron chi connectivity index (χ4n) is 3.98. The molecule has 1 aliphatic rings. The average molecular weight is 434 g/mol. The molecule has 0 amide bonds. The number of hydrogen-bond donors (Lipinski definition) is 0. The van der Waals surface area contributed by atoms with Crippen LogP contribution < -0.4 is 0 Å². The zero-order valence-corrected chi connectivity index (χ0v) is 18.2. The number of thiazole rings is 1. The summed E-state index contributed by atoms with van der Waals surface area (Å²) in [6, 6.07) is 14.4. The minimum absolute atomic E-state index is 0.227. The highest BCUT2D eigenvalue weighted by Crippen LogP contribution is 2.44. The Kier molecular flexibility index (Phi) is 5.66. The Hall–Kier alpha value is -3.37. The lowest BCUT2D eigenvalue weighted by Gasteiger charge is -2.29. The summed E-state index contributed by atoms with van der Waals surface area (Å²) in [4.78, 5) is 21.9. The van der Waals surface area contributed by atoms with E-state index in [-0.39, 0.29) is 12.4 Å². The van der Waals surface area contributed by atoms with Crippen LogP contribution in [0.1, 0.15) is 32.3 Å². The van der Waals surface area contributed by atoms with E-state index in [9.17, 15) is 14.4 Å². The van der Waals surface area contributed by atoms with E-state index < -0.39 is 17.8 Å². The molecule has 31 heavy (non-hydrogen) atoms. The van der Waals surface area contributed by atoms with Gasteiger partial charge in [0.25, 0.3) is 0 Å². The fraction of sp³-hybridized carbons (Fsp3) is 0.250. The van der Waals surface area contributed by atoms with Gasteiger partial charge in [0, 0.05) is 22.9 Å². The van der Waals surface area contributed by atoms with Crippen molar-refractivity contribution in [3.63, 3.8) is 0 Å². The molecule has 7 heteroatoms. The molecule has 3 aromatic rings. The van der Waals surface area contributed by atoms with Crippen LogP contribution in [0.4, 0.5) is 4.39 Å². The number of halogens is 1. The lowest BCUT2D eigenvalue weighted by Crippen LogP contribution is -2.29. The van der Waals surface area contributed by atoms with Gasteiger partial charge in [-0.2, -0.15) is 5.26 Å². The first kappa shape index (κ1) is 20.9. The molecule has 0 bridgehead atoms. The summed E-state index contributed by atoms with van der Waals surface area (Å²) >= 11 is 1.35. The molecule has 4 rings (SSSR count). The predicted molar refractivity (Wildman–Crippen MR) is 119 cm³/mol. The van der Waals surface area contributed by atoms with Crippen LogP contribution in [-0.2, 0) is 9.53 Å². The number of benzene rings is 2. The Bertz CT molecular complexity index is 1290. The van der Waals surface area contributed by atoms with Gasteiger partial charge in [-0.25, -0.2) is 14.2 Å². The van der Waals surface area contributed by atoms with Crippen LogP contribution in [0.2, 0.25) is 0 Å². The summed E-state index contributed by atoms with van der Waals surface area (Å²) in [6.07, 6.45) is 0. The maximum Gasteiger partial charge on any atom is 0.336 e. The van der Waals surface area contributed by atoms with E-state index in [2.05, 4.69) is 16.0 Å². The van der Waals surface area contributed by atoms with Crippen molar-refractivity contribution >= 4 is 33.2 Å². The van der Waals surface area contributed by atoms with Gasteiger partial charge in [-0.15, -0.1) is 11.3 Å². The zero-order chi connectivity index (χ0) is 22.1. The molecular formula is C24H20FN3O2S. The van der Waals surface area contributed by atoms with Gasteiger partial charge < -0.3 is 4.74 Å². The first-order valence-electron chi connectivity index (χ1n) is 9.93.